The molecule has 2 aliphatic rings. The molecular formula is C32H60N4O2. The molecule has 0 unspecified atom stereocenters. The SMILES string of the molecule is C=C(C)C(=O)N(C)C1CC(C)(C)N(C)C(C)(C)C1.C=CC(=O)N(CCCC)C1CC(C)(C)N(C)C(C)(C)C1. The lowest BCUT2D eigenvalue weighted by Gasteiger charge is -2.55. The highest BCUT2D eigenvalue weighted by atomic mass is 16.2. The molecule has 2 heterocycles. The Morgan fingerprint density at radius 2 is 1.21 bits per heavy atom. The fourth-order valence-electron chi connectivity index (χ4n) is 6.52. The van der Waals surface area contributed by atoms with E-state index in [4.69, 9.17) is 0 Å². The van der Waals surface area contributed by atoms with E-state index in [0.29, 0.717) is 11.6 Å². The van der Waals surface area contributed by atoms with Crippen LogP contribution in [0.25, 0.3) is 0 Å². The van der Waals surface area contributed by atoms with Gasteiger partial charge in [-0.25, -0.2) is 0 Å². The zero-order valence-electron chi connectivity index (χ0n) is 27.2. The Morgan fingerprint density at radius 3 is 1.53 bits per heavy atom. The fraction of sp³-hybridized carbons (Fsp3) is 0.812. The normalized spacial score (nSPS) is 23.1. The molecule has 0 radical (unpaired) electrons. The van der Waals surface area contributed by atoms with Gasteiger partial charge in [0.25, 0.3) is 0 Å². The number of hydrogen-bond donors (Lipinski definition) is 0. The molecule has 220 valence electrons. The summed E-state index contributed by atoms with van der Waals surface area (Å²) in [6.45, 7) is 30.3. The Morgan fingerprint density at radius 1 is 0.842 bits per heavy atom. The highest BCUT2D eigenvalue weighted by molar-refractivity contribution is 5.92. The summed E-state index contributed by atoms with van der Waals surface area (Å²) >= 11 is 0. The van der Waals surface area contributed by atoms with Crippen molar-refractivity contribution < 1.29 is 9.59 Å². The van der Waals surface area contributed by atoms with E-state index < -0.39 is 0 Å². The first-order valence-corrected chi connectivity index (χ1v) is 14.5. The lowest BCUT2D eigenvalue weighted by atomic mass is 9.77. The van der Waals surface area contributed by atoms with Gasteiger partial charge >= 0.3 is 0 Å². The molecule has 0 aromatic carbocycles. The summed E-state index contributed by atoms with van der Waals surface area (Å²) in [5.74, 6) is 0.149. The zero-order chi connectivity index (χ0) is 29.9. The van der Waals surface area contributed by atoms with Crippen LogP contribution in [0.4, 0.5) is 0 Å². The number of unbranched alkanes of at least 4 members (excludes halogenated alkanes) is 1. The minimum atomic E-state index is 0.0659. The smallest absolute Gasteiger partial charge is 0.248 e. The van der Waals surface area contributed by atoms with Gasteiger partial charge in [-0.3, -0.25) is 19.4 Å². The molecule has 2 amide bonds. The molecule has 2 aliphatic heterocycles. The number of nitrogens with zero attached hydrogens (tertiary/aromatic N) is 4. The molecule has 0 aromatic rings. The van der Waals surface area contributed by atoms with Crippen molar-refractivity contribution >= 4 is 11.8 Å². The van der Waals surface area contributed by atoms with Gasteiger partial charge in [-0.05, 0) is 115 Å². The van der Waals surface area contributed by atoms with E-state index in [9.17, 15) is 9.59 Å². The van der Waals surface area contributed by atoms with Crippen molar-refractivity contribution in [3.8, 4) is 0 Å². The molecule has 6 heteroatoms. The summed E-state index contributed by atoms with van der Waals surface area (Å²) in [7, 11) is 6.28. The number of carbonyl (C=O) groups is 2. The van der Waals surface area contributed by atoms with Crippen LogP contribution in [0.2, 0.25) is 0 Å². The quantitative estimate of drug-likeness (QED) is 0.370. The molecule has 0 saturated carbocycles. The van der Waals surface area contributed by atoms with Crippen LogP contribution in [-0.2, 0) is 9.59 Å². The lowest BCUT2D eigenvalue weighted by molar-refractivity contribution is -0.133. The summed E-state index contributed by atoms with van der Waals surface area (Å²) in [5.41, 5.74) is 1.05. The Labute approximate surface area is 235 Å². The van der Waals surface area contributed by atoms with Gasteiger partial charge in [0.15, 0.2) is 0 Å². The predicted octanol–water partition coefficient (Wildman–Crippen LogP) is 6.12. The molecule has 2 fully saturated rings. The number of likely N-dealkylation sites (tertiary alicyclic amines) is 2. The van der Waals surface area contributed by atoms with Gasteiger partial charge in [-0.1, -0.05) is 26.5 Å². The number of hydrogen-bond acceptors (Lipinski definition) is 4. The van der Waals surface area contributed by atoms with E-state index >= 15 is 0 Å². The molecule has 6 nitrogen and oxygen atoms in total. The summed E-state index contributed by atoms with van der Waals surface area (Å²) in [6, 6.07) is 0.601. The third kappa shape index (κ3) is 8.17. The van der Waals surface area contributed by atoms with Crippen molar-refractivity contribution in [3.63, 3.8) is 0 Å². The van der Waals surface area contributed by atoms with Gasteiger partial charge in [0, 0.05) is 53.4 Å². The fourth-order valence-corrected chi connectivity index (χ4v) is 6.52. The van der Waals surface area contributed by atoms with Crippen molar-refractivity contribution in [2.45, 2.75) is 142 Å². The molecule has 0 bridgehead atoms. The maximum Gasteiger partial charge on any atom is 0.248 e. The van der Waals surface area contributed by atoms with E-state index in [1.165, 1.54) is 6.08 Å². The molecular weight excluding hydrogens is 472 g/mol. The Bertz CT molecular complexity index is 822. The van der Waals surface area contributed by atoms with Crippen LogP contribution in [0.5, 0.6) is 0 Å². The first-order chi connectivity index (χ1) is 17.1. The van der Waals surface area contributed by atoms with Crippen molar-refractivity contribution in [1.29, 1.82) is 0 Å². The van der Waals surface area contributed by atoms with Crippen molar-refractivity contribution in [2.75, 3.05) is 27.7 Å². The van der Waals surface area contributed by atoms with Crippen molar-refractivity contribution in [2.24, 2.45) is 0 Å². The first kappa shape index (κ1) is 34.4. The van der Waals surface area contributed by atoms with Crippen LogP contribution < -0.4 is 0 Å². The molecule has 2 rings (SSSR count). The second-order valence-corrected chi connectivity index (χ2v) is 14.3. The predicted molar refractivity (Wildman–Crippen MR) is 162 cm³/mol. The number of piperidine rings is 2. The minimum Gasteiger partial charge on any atom is -0.339 e. The summed E-state index contributed by atoms with van der Waals surface area (Å²) in [4.78, 5) is 33.1. The van der Waals surface area contributed by atoms with Crippen LogP contribution in [0, 0.1) is 0 Å². The van der Waals surface area contributed by atoms with E-state index in [1.807, 2.05) is 16.8 Å². The third-order valence-electron chi connectivity index (χ3n) is 9.46. The van der Waals surface area contributed by atoms with Crippen LogP contribution >= 0.6 is 0 Å². The number of carbonyl (C=O) groups excluding carboxylic acids is 2. The highest BCUT2D eigenvalue weighted by Gasteiger charge is 2.46. The second-order valence-electron chi connectivity index (χ2n) is 14.3. The van der Waals surface area contributed by atoms with Gasteiger partial charge in [0.1, 0.15) is 0 Å². The van der Waals surface area contributed by atoms with E-state index in [-0.39, 0.29) is 40.0 Å². The van der Waals surface area contributed by atoms with Crippen LogP contribution in [0.3, 0.4) is 0 Å². The minimum absolute atomic E-state index is 0.0659. The molecule has 0 spiro atoms. The molecule has 0 N–H and O–H groups in total. The maximum atomic E-state index is 12.2. The van der Waals surface area contributed by atoms with Crippen molar-refractivity contribution in [3.05, 3.63) is 24.8 Å². The average molecular weight is 533 g/mol. The summed E-state index contributed by atoms with van der Waals surface area (Å²) in [5, 5.41) is 0. The monoisotopic (exact) mass is 532 g/mol. The van der Waals surface area contributed by atoms with E-state index in [2.05, 4.69) is 99.4 Å². The van der Waals surface area contributed by atoms with Crippen LogP contribution in [-0.4, -0.2) is 93.3 Å². The Hall–Kier alpha value is -1.66. The highest BCUT2D eigenvalue weighted by Crippen LogP contribution is 2.40. The maximum absolute atomic E-state index is 12.2. The Kier molecular flexibility index (Phi) is 11.5. The topological polar surface area (TPSA) is 47.1 Å². The standard InChI is InChI=1S/C17H32N2O.C15H28N2O/c1-8-10-11-19(15(20)9-2)14-12-16(3,4)18(7)17(5,6)13-14;1-11(2)13(18)16(7)12-9-14(3,4)17(8)15(5,6)10-12/h9,14H,2,8,10-13H2,1,3-7H3;12H,1,9-10H2,2-8H3. The average Bonchev–Trinajstić information content (AvgIpc) is 2.79. The van der Waals surface area contributed by atoms with Gasteiger partial charge in [0.05, 0.1) is 0 Å². The van der Waals surface area contributed by atoms with E-state index in [0.717, 1.165) is 45.1 Å². The summed E-state index contributed by atoms with van der Waals surface area (Å²) < 4.78 is 0. The molecule has 2 saturated heterocycles. The number of likely N-dealkylation sites (N-methyl/N-ethyl adjacent to an activating group) is 1. The van der Waals surface area contributed by atoms with Gasteiger partial charge in [0.2, 0.25) is 11.8 Å². The zero-order valence-corrected chi connectivity index (χ0v) is 27.2. The Balaban J connectivity index is 0.000000382. The van der Waals surface area contributed by atoms with E-state index in [1.54, 1.807) is 6.92 Å². The van der Waals surface area contributed by atoms with Crippen LogP contribution in [0.1, 0.15) is 108 Å². The molecule has 0 aliphatic carbocycles. The second kappa shape index (κ2) is 12.7. The molecule has 38 heavy (non-hydrogen) atoms. The third-order valence-corrected chi connectivity index (χ3v) is 9.46. The first-order valence-electron chi connectivity index (χ1n) is 14.5. The van der Waals surface area contributed by atoms with Gasteiger partial charge in [-0.15, -0.1) is 0 Å². The number of amides is 2. The van der Waals surface area contributed by atoms with Gasteiger partial charge < -0.3 is 9.80 Å². The summed E-state index contributed by atoms with van der Waals surface area (Å²) in [6.07, 6.45) is 7.69. The molecule has 0 atom stereocenters. The number of rotatable bonds is 7. The van der Waals surface area contributed by atoms with Crippen molar-refractivity contribution in [1.82, 2.24) is 19.6 Å². The molecule has 0 aromatic heterocycles. The lowest BCUT2D eigenvalue weighted by Crippen LogP contribution is -2.63. The largest absolute Gasteiger partial charge is 0.339 e. The van der Waals surface area contributed by atoms with Gasteiger partial charge in [-0.2, -0.15) is 0 Å². The van der Waals surface area contributed by atoms with Crippen LogP contribution in [0.15, 0.2) is 24.8 Å².